The van der Waals surface area contributed by atoms with Gasteiger partial charge >= 0.3 is 0 Å². The van der Waals surface area contributed by atoms with E-state index < -0.39 is 0 Å². The number of methoxy groups -OCH3 is 2. The van der Waals surface area contributed by atoms with Gasteiger partial charge < -0.3 is 14.6 Å². The maximum atomic E-state index is 9.05. The van der Waals surface area contributed by atoms with E-state index >= 15 is 0 Å². The highest BCUT2D eigenvalue weighted by atomic mass is 16.5. The average Bonchev–Trinajstić information content (AvgIpc) is 2.74. The van der Waals surface area contributed by atoms with E-state index in [4.69, 9.17) is 14.6 Å². The van der Waals surface area contributed by atoms with Crippen LogP contribution in [0.25, 0.3) is 0 Å². The zero-order valence-corrected chi connectivity index (χ0v) is 17.5. The molecule has 0 saturated heterocycles. The number of allylic oxidation sites excluding steroid dienone is 5. The molecule has 3 nitrogen and oxygen atoms in total. The maximum absolute atomic E-state index is 9.05. The number of hydrogen-bond donors (Lipinski definition) is 1. The highest BCUT2D eigenvalue weighted by molar-refractivity contribution is 5.49. The lowest BCUT2D eigenvalue weighted by Crippen LogP contribution is -2.37. The largest absolute Gasteiger partial charge is 0.501 e. The molecule has 28 heavy (non-hydrogen) atoms. The van der Waals surface area contributed by atoms with Crippen molar-refractivity contribution in [1.29, 1.82) is 0 Å². The molecule has 152 valence electrons. The van der Waals surface area contributed by atoms with Gasteiger partial charge in [-0.25, -0.2) is 0 Å². The fraction of sp³-hybridized carbons (Fsp3) is 0.520. The van der Waals surface area contributed by atoms with Crippen LogP contribution in [0.3, 0.4) is 0 Å². The first kappa shape index (κ1) is 20.7. The van der Waals surface area contributed by atoms with E-state index in [1.165, 1.54) is 36.0 Å². The Balaban J connectivity index is 1.88. The molecule has 0 heterocycles. The first-order chi connectivity index (χ1) is 13.6. The fourth-order valence-corrected chi connectivity index (χ4v) is 4.71. The highest BCUT2D eigenvalue weighted by Gasteiger charge is 2.41. The van der Waals surface area contributed by atoms with Crippen LogP contribution in [-0.2, 0) is 10.2 Å². The predicted molar refractivity (Wildman–Crippen MR) is 114 cm³/mol. The van der Waals surface area contributed by atoms with E-state index in [9.17, 15) is 0 Å². The number of rotatable bonds is 9. The number of aliphatic hydroxyl groups is 1. The van der Waals surface area contributed by atoms with Crippen molar-refractivity contribution in [1.82, 2.24) is 0 Å². The Kier molecular flexibility index (Phi) is 7.01. The van der Waals surface area contributed by atoms with E-state index in [-0.39, 0.29) is 5.41 Å². The third kappa shape index (κ3) is 4.35. The van der Waals surface area contributed by atoms with Crippen LogP contribution in [0.15, 0.2) is 59.4 Å². The van der Waals surface area contributed by atoms with E-state index in [1.807, 2.05) is 0 Å². The van der Waals surface area contributed by atoms with Crippen molar-refractivity contribution in [3.63, 3.8) is 0 Å². The summed E-state index contributed by atoms with van der Waals surface area (Å²) in [5, 5.41) is 9.05. The molecule has 0 saturated carbocycles. The van der Waals surface area contributed by atoms with Crippen LogP contribution in [0, 0.1) is 5.92 Å². The smallest absolute Gasteiger partial charge is 0.118 e. The third-order valence-electron chi connectivity index (χ3n) is 6.51. The fourth-order valence-electron chi connectivity index (χ4n) is 4.71. The molecular formula is C25H34O3. The minimum Gasteiger partial charge on any atom is -0.501 e. The lowest BCUT2D eigenvalue weighted by molar-refractivity contribution is 0.267. The first-order valence-corrected chi connectivity index (χ1v) is 10.5. The summed E-state index contributed by atoms with van der Waals surface area (Å²) in [6.45, 7) is 2.71. The number of aliphatic hydroxyl groups excluding tert-OH is 1. The van der Waals surface area contributed by atoms with Gasteiger partial charge in [0, 0.05) is 18.4 Å². The van der Waals surface area contributed by atoms with Crippen molar-refractivity contribution in [2.45, 2.75) is 57.3 Å². The van der Waals surface area contributed by atoms with Crippen molar-refractivity contribution in [2.75, 3.05) is 20.8 Å². The van der Waals surface area contributed by atoms with Gasteiger partial charge in [-0.3, -0.25) is 0 Å². The second-order valence-electron chi connectivity index (χ2n) is 8.19. The van der Waals surface area contributed by atoms with Gasteiger partial charge in [0.05, 0.1) is 20.0 Å². The van der Waals surface area contributed by atoms with Crippen LogP contribution < -0.4 is 4.74 Å². The monoisotopic (exact) mass is 382 g/mol. The number of benzene rings is 1. The second-order valence-corrected chi connectivity index (χ2v) is 8.19. The zero-order chi connectivity index (χ0) is 20.0. The molecule has 0 amide bonds. The number of ether oxygens (including phenoxy) is 2. The summed E-state index contributed by atoms with van der Waals surface area (Å²) < 4.78 is 10.9. The Morgan fingerprint density at radius 2 is 1.75 bits per heavy atom. The maximum Gasteiger partial charge on any atom is 0.118 e. The van der Waals surface area contributed by atoms with Crippen molar-refractivity contribution in [3.8, 4) is 5.75 Å². The predicted octanol–water partition coefficient (Wildman–Crippen LogP) is 5.70. The lowest BCUT2D eigenvalue weighted by Gasteiger charge is -2.44. The Bertz CT molecular complexity index is 742. The molecule has 0 radical (unpaired) electrons. The molecule has 0 fully saturated rings. The van der Waals surface area contributed by atoms with Crippen molar-refractivity contribution in [3.05, 3.63) is 65.0 Å². The Morgan fingerprint density at radius 1 is 1.00 bits per heavy atom. The van der Waals surface area contributed by atoms with Gasteiger partial charge in [0.15, 0.2) is 0 Å². The molecule has 2 aliphatic rings. The summed E-state index contributed by atoms with van der Waals surface area (Å²) in [5.41, 5.74) is 4.38. The molecule has 2 unspecified atom stereocenters. The average molecular weight is 383 g/mol. The summed E-state index contributed by atoms with van der Waals surface area (Å²) >= 11 is 0. The van der Waals surface area contributed by atoms with Crippen LogP contribution >= 0.6 is 0 Å². The number of fused-ring (bicyclic) bond motifs is 1. The summed E-state index contributed by atoms with van der Waals surface area (Å²) in [7, 11) is 3.47. The molecule has 1 N–H and O–H groups in total. The van der Waals surface area contributed by atoms with Gasteiger partial charge in [0.25, 0.3) is 0 Å². The minimum absolute atomic E-state index is 0.0804. The Morgan fingerprint density at radius 3 is 2.43 bits per heavy atom. The lowest BCUT2D eigenvalue weighted by atomic mass is 9.60. The molecule has 1 aromatic rings. The van der Waals surface area contributed by atoms with Crippen LogP contribution in [0.2, 0.25) is 0 Å². The van der Waals surface area contributed by atoms with Crippen LogP contribution in [0.5, 0.6) is 5.75 Å². The molecule has 3 rings (SSSR count). The molecule has 0 aliphatic heterocycles. The van der Waals surface area contributed by atoms with Gasteiger partial charge in [-0.05, 0) is 60.1 Å². The standard InChI is InChI=1S/C25H34O3/c1-25(20-9-11-21(27-2)12-10-20)16-15-19-18-22(28-3)13-14-23(19)24(25)8-6-4-5-7-17-26/h9-15,24,26H,4-8,16-18H2,1-3H3. The molecular weight excluding hydrogens is 348 g/mol. The summed E-state index contributed by atoms with van der Waals surface area (Å²) in [6, 6.07) is 8.62. The van der Waals surface area contributed by atoms with Gasteiger partial charge in [-0.2, -0.15) is 0 Å². The third-order valence-corrected chi connectivity index (χ3v) is 6.51. The van der Waals surface area contributed by atoms with Crippen molar-refractivity contribution >= 4 is 0 Å². The van der Waals surface area contributed by atoms with Gasteiger partial charge in [0.2, 0.25) is 0 Å². The Labute approximate surface area is 169 Å². The normalized spacial score (nSPS) is 24.0. The first-order valence-electron chi connectivity index (χ1n) is 10.5. The summed E-state index contributed by atoms with van der Waals surface area (Å²) in [5.74, 6) is 2.44. The van der Waals surface area contributed by atoms with Crippen LogP contribution in [-0.4, -0.2) is 25.9 Å². The van der Waals surface area contributed by atoms with E-state index in [2.05, 4.69) is 49.4 Å². The van der Waals surface area contributed by atoms with Crippen molar-refractivity contribution in [2.24, 2.45) is 5.92 Å². The van der Waals surface area contributed by atoms with Gasteiger partial charge in [-0.1, -0.05) is 50.5 Å². The molecule has 3 heteroatoms. The van der Waals surface area contributed by atoms with E-state index in [1.54, 1.807) is 14.2 Å². The van der Waals surface area contributed by atoms with Crippen LogP contribution in [0.1, 0.15) is 57.4 Å². The molecule has 2 atom stereocenters. The molecule has 1 aromatic carbocycles. The molecule has 0 spiro atoms. The van der Waals surface area contributed by atoms with E-state index in [0.717, 1.165) is 37.2 Å². The highest BCUT2D eigenvalue weighted by Crippen LogP contribution is 2.50. The second kappa shape index (κ2) is 9.47. The van der Waals surface area contributed by atoms with Crippen molar-refractivity contribution < 1.29 is 14.6 Å². The zero-order valence-electron chi connectivity index (χ0n) is 17.5. The Hall–Kier alpha value is -2.00. The summed E-state index contributed by atoms with van der Waals surface area (Å²) in [4.78, 5) is 0. The molecule has 2 aliphatic carbocycles. The minimum atomic E-state index is 0.0804. The van der Waals surface area contributed by atoms with Gasteiger partial charge in [-0.15, -0.1) is 0 Å². The molecule has 0 bridgehead atoms. The SMILES string of the molecule is COC1=CC=C2C(=CCC(C)(c3ccc(OC)cc3)C2CCCCCCO)C1. The van der Waals surface area contributed by atoms with Crippen LogP contribution in [0.4, 0.5) is 0 Å². The van der Waals surface area contributed by atoms with E-state index in [0.29, 0.717) is 12.5 Å². The van der Waals surface area contributed by atoms with Gasteiger partial charge in [0.1, 0.15) is 5.75 Å². The summed E-state index contributed by atoms with van der Waals surface area (Å²) in [6.07, 6.45) is 14.4. The number of unbranched alkanes of at least 4 members (excludes halogenated alkanes) is 3. The number of hydrogen-bond acceptors (Lipinski definition) is 3. The quantitative estimate of drug-likeness (QED) is 0.557. The molecule has 0 aromatic heterocycles. The topological polar surface area (TPSA) is 38.7 Å².